The SMILES string of the molecule is CC(=O)C(C(=O)N(C)C(=O)C1CC1)C1CCNC1. The number of nitrogens with one attached hydrogen (secondary N) is 1. The number of ketones is 1. The van der Waals surface area contributed by atoms with Crippen molar-refractivity contribution in [1.29, 1.82) is 0 Å². The fourth-order valence-electron chi connectivity index (χ4n) is 2.59. The third kappa shape index (κ3) is 2.61. The Morgan fingerprint density at radius 1 is 1.22 bits per heavy atom. The van der Waals surface area contributed by atoms with Crippen molar-refractivity contribution in [3.63, 3.8) is 0 Å². The van der Waals surface area contributed by atoms with E-state index >= 15 is 0 Å². The molecule has 5 heteroatoms. The van der Waals surface area contributed by atoms with Crippen LogP contribution in [0.1, 0.15) is 26.2 Å². The van der Waals surface area contributed by atoms with Gasteiger partial charge in [0, 0.05) is 13.0 Å². The van der Waals surface area contributed by atoms with Gasteiger partial charge < -0.3 is 5.32 Å². The van der Waals surface area contributed by atoms with E-state index in [9.17, 15) is 14.4 Å². The topological polar surface area (TPSA) is 66.5 Å². The van der Waals surface area contributed by atoms with Gasteiger partial charge in [0.15, 0.2) is 0 Å². The van der Waals surface area contributed by atoms with Gasteiger partial charge in [0.1, 0.15) is 11.7 Å². The molecule has 18 heavy (non-hydrogen) atoms. The van der Waals surface area contributed by atoms with E-state index in [1.165, 1.54) is 18.9 Å². The lowest BCUT2D eigenvalue weighted by Crippen LogP contribution is -2.44. The molecule has 1 heterocycles. The maximum absolute atomic E-state index is 12.3. The summed E-state index contributed by atoms with van der Waals surface area (Å²) in [5, 5.41) is 3.16. The molecule has 2 aliphatic rings. The van der Waals surface area contributed by atoms with Crippen molar-refractivity contribution < 1.29 is 14.4 Å². The van der Waals surface area contributed by atoms with Crippen LogP contribution in [-0.2, 0) is 14.4 Å². The Labute approximate surface area is 107 Å². The van der Waals surface area contributed by atoms with Crippen molar-refractivity contribution in [2.75, 3.05) is 20.1 Å². The Balaban J connectivity index is 2.06. The normalized spacial score (nSPS) is 24.7. The van der Waals surface area contributed by atoms with Crippen molar-refractivity contribution in [1.82, 2.24) is 10.2 Å². The van der Waals surface area contributed by atoms with E-state index in [0.29, 0.717) is 6.54 Å². The van der Waals surface area contributed by atoms with Crippen LogP contribution in [0.25, 0.3) is 0 Å². The number of amides is 2. The first kappa shape index (κ1) is 13.2. The number of nitrogens with zero attached hydrogens (tertiary/aromatic N) is 1. The standard InChI is InChI=1S/C13H20N2O3/c1-8(16)11(10-5-6-14-7-10)13(18)15(2)12(17)9-3-4-9/h9-11,14H,3-7H2,1-2H3. The molecule has 2 unspecified atom stereocenters. The second-order valence-corrected chi connectivity index (χ2v) is 5.35. The number of hydrogen-bond donors (Lipinski definition) is 1. The van der Waals surface area contributed by atoms with Crippen LogP contribution in [0.4, 0.5) is 0 Å². The zero-order chi connectivity index (χ0) is 13.3. The van der Waals surface area contributed by atoms with Crippen LogP contribution < -0.4 is 5.32 Å². The average molecular weight is 252 g/mol. The van der Waals surface area contributed by atoms with Crippen LogP contribution in [-0.4, -0.2) is 42.6 Å². The van der Waals surface area contributed by atoms with Crippen LogP contribution in [0.2, 0.25) is 0 Å². The average Bonchev–Trinajstić information content (AvgIpc) is 3.05. The van der Waals surface area contributed by atoms with Crippen LogP contribution in [0.5, 0.6) is 0 Å². The summed E-state index contributed by atoms with van der Waals surface area (Å²) in [6.07, 6.45) is 2.56. The van der Waals surface area contributed by atoms with Gasteiger partial charge in [-0.1, -0.05) is 0 Å². The number of imide groups is 1. The third-order valence-corrected chi connectivity index (χ3v) is 3.86. The van der Waals surface area contributed by atoms with Crippen molar-refractivity contribution in [3.8, 4) is 0 Å². The molecule has 1 saturated carbocycles. The predicted octanol–water partition coefficient (Wildman–Crippen LogP) is 0.196. The second kappa shape index (κ2) is 5.18. The highest BCUT2D eigenvalue weighted by Gasteiger charge is 2.40. The summed E-state index contributed by atoms with van der Waals surface area (Å²) in [5.74, 6) is -1.21. The highest BCUT2D eigenvalue weighted by Crippen LogP contribution is 2.31. The molecule has 1 N–H and O–H groups in total. The van der Waals surface area contributed by atoms with Crippen LogP contribution in [0, 0.1) is 17.8 Å². The van der Waals surface area contributed by atoms with E-state index in [1.807, 2.05) is 0 Å². The van der Waals surface area contributed by atoms with Gasteiger partial charge in [0.25, 0.3) is 0 Å². The summed E-state index contributed by atoms with van der Waals surface area (Å²) >= 11 is 0. The first-order valence-corrected chi connectivity index (χ1v) is 6.55. The fourth-order valence-corrected chi connectivity index (χ4v) is 2.59. The first-order chi connectivity index (χ1) is 8.52. The third-order valence-electron chi connectivity index (χ3n) is 3.86. The molecule has 2 rings (SSSR count). The molecule has 2 amide bonds. The minimum absolute atomic E-state index is 0.00765. The summed E-state index contributed by atoms with van der Waals surface area (Å²) in [5.41, 5.74) is 0. The lowest BCUT2D eigenvalue weighted by Gasteiger charge is -2.24. The highest BCUT2D eigenvalue weighted by atomic mass is 16.2. The molecule has 0 radical (unpaired) electrons. The Morgan fingerprint density at radius 3 is 2.33 bits per heavy atom. The van der Waals surface area contributed by atoms with E-state index in [1.54, 1.807) is 0 Å². The summed E-state index contributed by atoms with van der Waals surface area (Å²) in [7, 11) is 1.50. The number of Topliss-reactive ketones (excluding diaryl/α,β-unsaturated/α-hetero) is 1. The Hall–Kier alpha value is -1.23. The minimum atomic E-state index is -0.660. The number of carbonyl (C=O) groups is 3. The fraction of sp³-hybridized carbons (Fsp3) is 0.769. The minimum Gasteiger partial charge on any atom is -0.316 e. The molecule has 0 aromatic heterocycles. The lowest BCUT2D eigenvalue weighted by atomic mass is 9.87. The summed E-state index contributed by atoms with van der Waals surface area (Å²) in [6.45, 7) is 2.96. The van der Waals surface area contributed by atoms with Crippen molar-refractivity contribution in [2.24, 2.45) is 17.8 Å². The Morgan fingerprint density at radius 2 is 1.89 bits per heavy atom. The van der Waals surface area contributed by atoms with E-state index in [4.69, 9.17) is 0 Å². The quantitative estimate of drug-likeness (QED) is 0.726. The molecule has 2 atom stereocenters. The van der Waals surface area contributed by atoms with Gasteiger partial charge in [-0.2, -0.15) is 0 Å². The van der Waals surface area contributed by atoms with E-state index in [2.05, 4.69) is 5.32 Å². The molecule has 0 aromatic carbocycles. The molecule has 0 aromatic rings. The molecular weight excluding hydrogens is 232 g/mol. The first-order valence-electron chi connectivity index (χ1n) is 6.55. The molecule has 1 aliphatic carbocycles. The Kier molecular flexibility index (Phi) is 3.80. The largest absolute Gasteiger partial charge is 0.316 e. The zero-order valence-corrected chi connectivity index (χ0v) is 10.9. The number of hydrogen-bond acceptors (Lipinski definition) is 4. The van der Waals surface area contributed by atoms with Crippen LogP contribution in [0.15, 0.2) is 0 Å². The van der Waals surface area contributed by atoms with Gasteiger partial charge >= 0.3 is 0 Å². The number of carbonyl (C=O) groups excluding carboxylic acids is 3. The van der Waals surface area contributed by atoms with Gasteiger partial charge in [0.05, 0.1) is 0 Å². The maximum Gasteiger partial charge on any atom is 0.239 e. The van der Waals surface area contributed by atoms with Gasteiger partial charge in [-0.3, -0.25) is 19.3 Å². The lowest BCUT2D eigenvalue weighted by molar-refractivity contribution is -0.149. The summed E-state index contributed by atoms with van der Waals surface area (Å²) < 4.78 is 0. The second-order valence-electron chi connectivity index (χ2n) is 5.35. The van der Waals surface area contributed by atoms with Gasteiger partial charge in [-0.25, -0.2) is 0 Å². The summed E-state index contributed by atoms with van der Waals surface area (Å²) in [6, 6.07) is 0. The molecule has 0 bridgehead atoms. The molecular formula is C13H20N2O3. The van der Waals surface area contributed by atoms with Crippen molar-refractivity contribution in [2.45, 2.75) is 26.2 Å². The predicted molar refractivity (Wildman–Crippen MR) is 65.6 cm³/mol. The monoisotopic (exact) mass is 252 g/mol. The maximum atomic E-state index is 12.3. The number of rotatable bonds is 4. The zero-order valence-electron chi connectivity index (χ0n) is 10.9. The molecule has 5 nitrogen and oxygen atoms in total. The van der Waals surface area contributed by atoms with Gasteiger partial charge in [-0.05, 0) is 45.2 Å². The van der Waals surface area contributed by atoms with Crippen LogP contribution in [0.3, 0.4) is 0 Å². The molecule has 1 saturated heterocycles. The van der Waals surface area contributed by atoms with E-state index < -0.39 is 5.92 Å². The smallest absolute Gasteiger partial charge is 0.239 e. The van der Waals surface area contributed by atoms with Gasteiger partial charge in [-0.15, -0.1) is 0 Å². The molecule has 2 fully saturated rings. The van der Waals surface area contributed by atoms with Crippen LogP contribution >= 0.6 is 0 Å². The van der Waals surface area contributed by atoms with Gasteiger partial charge in [0.2, 0.25) is 11.8 Å². The van der Waals surface area contributed by atoms with Crippen molar-refractivity contribution in [3.05, 3.63) is 0 Å². The Bertz CT molecular complexity index is 370. The van der Waals surface area contributed by atoms with E-state index in [-0.39, 0.29) is 29.4 Å². The molecule has 100 valence electrons. The summed E-state index contributed by atoms with van der Waals surface area (Å²) in [4.78, 5) is 37.0. The highest BCUT2D eigenvalue weighted by molar-refractivity contribution is 6.07. The van der Waals surface area contributed by atoms with E-state index in [0.717, 1.165) is 25.8 Å². The molecule has 1 aliphatic heterocycles. The van der Waals surface area contributed by atoms with Crippen molar-refractivity contribution >= 4 is 17.6 Å². The molecule has 0 spiro atoms.